The molecule has 2 aromatic carbocycles. The molecule has 0 saturated heterocycles. The maximum absolute atomic E-state index is 13.8. The van der Waals surface area contributed by atoms with Crippen molar-refractivity contribution in [2.45, 2.75) is 18.3 Å². The Balaban J connectivity index is 2.19. The van der Waals surface area contributed by atoms with Crippen LogP contribution in [0, 0.1) is 0 Å². The molecule has 0 aliphatic heterocycles. The molecule has 33 heavy (non-hydrogen) atoms. The molecule has 0 saturated carbocycles. The number of alkyl halides is 3. The average Bonchev–Trinajstić information content (AvgIpc) is 2.66. The van der Waals surface area contributed by atoms with Crippen molar-refractivity contribution >= 4 is 67.8 Å². The van der Waals surface area contributed by atoms with Crippen LogP contribution in [-0.4, -0.2) is 44.2 Å². The number of carbonyl (C=O) groups excluding carboxylic acids is 1. The van der Waals surface area contributed by atoms with E-state index in [1.807, 2.05) is 0 Å². The van der Waals surface area contributed by atoms with Crippen LogP contribution in [0.15, 0.2) is 30.3 Å². The van der Waals surface area contributed by atoms with Gasteiger partial charge in [-0.05, 0) is 35.4 Å². The Morgan fingerprint density at radius 1 is 1.03 bits per heavy atom. The molecule has 1 atom stereocenters. The number of hydrogen-bond donors (Lipinski definition) is 3. The number of benzene rings is 2. The highest BCUT2D eigenvalue weighted by Crippen LogP contribution is 2.43. The van der Waals surface area contributed by atoms with E-state index in [0.29, 0.717) is 5.56 Å². The van der Waals surface area contributed by atoms with Crippen molar-refractivity contribution in [1.82, 2.24) is 5.32 Å². The van der Waals surface area contributed by atoms with Crippen molar-refractivity contribution < 1.29 is 31.5 Å². The summed E-state index contributed by atoms with van der Waals surface area (Å²) in [5, 5.41) is 14.8. The molecule has 0 heterocycles. The molecular formula is C19H17Cl4F3N2O4S. The van der Waals surface area contributed by atoms with E-state index in [2.05, 4.69) is 10.6 Å². The van der Waals surface area contributed by atoms with Gasteiger partial charge in [-0.15, -0.1) is 0 Å². The van der Waals surface area contributed by atoms with Crippen LogP contribution in [0.25, 0.3) is 0 Å². The van der Waals surface area contributed by atoms with Gasteiger partial charge in [-0.1, -0.05) is 52.5 Å². The minimum absolute atomic E-state index is 0.0905. The molecule has 1 amide bonds. The first-order valence-electron chi connectivity index (χ1n) is 8.94. The first-order chi connectivity index (χ1) is 15.0. The van der Waals surface area contributed by atoms with Crippen LogP contribution in [0.1, 0.15) is 11.1 Å². The van der Waals surface area contributed by atoms with Gasteiger partial charge in [0.2, 0.25) is 11.5 Å². The second-order valence-corrected chi connectivity index (χ2v) is 10.9. The van der Waals surface area contributed by atoms with Crippen LogP contribution < -0.4 is 10.6 Å². The number of aliphatic hydroxyl groups is 1. The van der Waals surface area contributed by atoms with Crippen LogP contribution in [-0.2, 0) is 26.8 Å². The third-order valence-electron chi connectivity index (χ3n) is 4.40. The van der Waals surface area contributed by atoms with Gasteiger partial charge in [0.25, 0.3) is 0 Å². The monoisotopic (exact) mass is 566 g/mol. The van der Waals surface area contributed by atoms with Gasteiger partial charge in [0.15, 0.2) is 9.84 Å². The van der Waals surface area contributed by atoms with Crippen molar-refractivity contribution in [3.8, 4) is 0 Å². The highest BCUT2D eigenvalue weighted by molar-refractivity contribution is 7.91. The van der Waals surface area contributed by atoms with Gasteiger partial charge in [-0.25, -0.2) is 8.42 Å². The van der Waals surface area contributed by atoms with E-state index >= 15 is 0 Å². The van der Waals surface area contributed by atoms with Gasteiger partial charge in [-0.2, -0.15) is 13.2 Å². The van der Waals surface area contributed by atoms with Crippen molar-refractivity contribution in [3.63, 3.8) is 0 Å². The van der Waals surface area contributed by atoms with E-state index in [0.717, 1.165) is 18.4 Å². The zero-order valence-corrected chi connectivity index (χ0v) is 20.6. The predicted octanol–water partition coefficient (Wildman–Crippen LogP) is 4.82. The van der Waals surface area contributed by atoms with Gasteiger partial charge >= 0.3 is 6.18 Å². The van der Waals surface area contributed by atoms with Crippen molar-refractivity contribution in [1.29, 1.82) is 0 Å². The first kappa shape index (κ1) is 27.8. The molecule has 3 N–H and O–H groups in total. The summed E-state index contributed by atoms with van der Waals surface area (Å²) in [6.45, 7) is -1.10. The standard InChI is InChI=1S/C19H17Cl4F3N2O4S/c1-33(31,32)8-16(29)27-7-10-2-3-12(6-13(10)20)28-9-18(30,19(24,25)26)11-4-14(21)17(23)15(22)5-11/h2-6,28,30H,7-9H2,1H3,(H,27,29)/t18-/m0/s1. The van der Waals surface area contributed by atoms with Gasteiger partial charge < -0.3 is 15.7 Å². The topological polar surface area (TPSA) is 95.5 Å². The molecule has 0 fully saturated rings. The summed E-state index contributed by atoms with van der Waals surface area (Å²) >= 11 is 23.5. The highest BCUT2D eigenvalue weighted by atomic mass is 35.5. The zero-order chi connectivity index (χ0) is 25.2. The molecule has 0 radical (unpaired) electrons. The van der Waals surface area contributed by atoms with E-state index in [-0.39, 0.29) is 32.3 Å². The Labute approximate surface area is 207 Å². The molecule has 0 spiro atoms. The SMILES string of the molecule is CS(=O)(=O)CC(=O)NCc1ccc(NC[C@](O)(c2cc(Cl)c(Cl)c(Cl)c2)C(F)(F)F)cc1Cl. The molecule has 182 valence electrons. The van der Waals surface area contributed by atoms with Crippen LogP contribution in [0.5, 0.6) is 0 Å². The van der Waals surface area contributed by atoms with Gasteiger partial charge in [-0.3, -0.25) is 4.79 Å². The summed E-state index contributed by atoms with van der Waals surface area (Å²) < 4.78 is 63.6. The number of rotatable bonds is 8. The van der Waals surface area contributed by atoms with Gasteiger partial charge in [0.1, 0.15) is 5.75 Å². The van der Waals surface area contributed by atoms with Crippen molar-refractivity contribution in [2.24, 2.45) is 0 Å². The number of sulfone groups is 1. The second kappa shape index (κ2) is 10.5. The summed E-state index contributed by atoms with van der Waals surface area (Å²) in [5.41, 5.74) is -3.44. The lowest BCUT2D eigenvalue weighted by Gasteiger charge is -2.32. The number of halogens is 7. The molecule has 2 rings (SSSR count). The number of amides is 1. The van der Waals surface area contributed by atoms with Gasteiger partial charge in [0.05, 0.1) is 21.6 Å². The fraction of sp³-hybridized carbons (Fsp3) is 0.316. The molecular weight excluding hydrogens is 551 g/mol. The largest absolute Gasteiger partial charge is 0.423 e. The third-order valence-corrected chi connectivity index (χ3v) is 6.74. The smallest absolute Gasteiger partial charge is 0.381 e. The normalized spacial score (nSPS) is 14.0. The van der Waals surface area contributed by atoms with E-state index in [1.165, 1.54) is 18.2 Å². The van der Waals surface area contributed by atoms with E-state index in [4.69, 9.17) is 46.4 Å². The maximum Gasteiger partial charge on any atom is 0.423 e. The number of carbonyl (C=O) groups is 1. The van der Waals surface area contributed by atoms with Crippen LogP contribution in [0.2, 0.25) is 20.1 Å². The molecule has 2 aromatic rings. The van der Waals surface area contributed by atoms with Gasteiger partial charge in [0, 0.05) is 23.5 Å². The predicted molar refractivity (Wildman–Crippen MR) is 123 cm³/mol. The molecule has 0 aliphatic rings. The van der Waals surface area contributed by atoms with Crippen LogP contribution >= 0.6 is 46.4 Å². The van der Waals surface area contributed by atoms with E-state index in [1.54, 1.807) is 0 Å². The molecule has 0 aliphatic carbocycles. The summed E-state index contributed by atoms with van der Waals surface area (Å²) in [7, 11) is -3.50. The number of nitrogens with one attached hydrogen (secondary N) is 2. The maximum atomic E-state index is 13.8. The summed E-state index contributed by atoms with van der Waals surface area (Å²) in [6.07, 6.45) is -4.19. The molecule has 6 nitrogen and oxygen atoms in total. The molecule has 0 unspecified atom stereocenters. The second-order valence-electron chi connectivity index (χ2n) is 7.12. The quantitative estimate of drug-likeness (QED) is 0.397. The summed E-state index contributed by atoms with van der Waals surface area (Å²) in [5.74, 6) is -1.43. The fourth-order valence-corrected chi connectivity index (χ4v) is 4.10. The lowest BCUT2D eigenvalue weighted by atomic mass is 9.92. The minimum atomic E-state index is -5.10. The van der Waals surface area contributed by atoms with Crippen molar-refractivity contribution in [3.05, 3.63) is 61.5 Å². The molecule has 0 bridgehead atoms. The fourth-order valence-electron chi connectivity index (χ4n) is 2.67. The Morgan fingerprint density at radius 3 is 2.09 bits per heavy atom. The Hall–Kier alpha value is -1.43. The average molecular weight is 568 g/mol. The van der Waals surface area contributed by atoms with Crippen LogP contribution in [0.4, 0.5) is 18.9 Å². The van der Waals surface area contributed by atoms with E-state index in [9.17, 15) is 31.5 Å². The van der Waals surface area contributed by atoms with Crippen LogP contribution in [0.3, 0.4) is 0 Å². The summed E-state index contributed by atoms with van der Waals surface area (Å²) in [6, 6.07) is 5.84. The minimum Gasteiger partial charge on any atom is -0.381 e. The number of hydrogen-bond acceptors (Lipinski definition) is 5. The number of anilines is 1. The third kappa shape index (κ3) is 7.27. The van der Waals surface area contributed by atoms with E-state index < -0.39 is 45.4 Å². The Bertz CT molecular complexity index is 1140. The molecule has 0 aromatic heterocycles. The lowest BCUT2D eigenvalue weighted by molar-refractivity contribution is -0.260. The zero-order valence-electron chi connectivity index (χ0n) is 16.7. The summed E-state index contributed by atoms with van der Waals surface area (Å²) in [4.78, 5) is 11.6. The van der Waals surface area contributed by atoms with Crippen molar-refractivity contribution in [2.75, 3.05) is 23.9 Å². The lowest BCUT2D eigenvalue weighted by Crippen LogP contribution is -2.47. The Kier molecular flexibility index (Phi) is 8.81. The Morgan fingerprint density at radius 2 is 1.61 bits per heavy atom. The first-order valence-corrected chi connectivity index (χ1v) is 12.5. The molecule has 14 heteroatoms. The highest BCUT2D eigenvalue weighted by Gasteiger charge is 2.55.